The van der Waals surface area contributed by atoms with E-state index in [1.807, 2.05) is 24.3 Å². The Morgan fingerprint density at radius 1 is 1.28 bits per heavy atom. The second kappa shape index (κ2) is 7.31. The quantitative estimate of drug-likeness (QED) is 0.766. The van der Waals surface area contributed by atoms with E-state index in [9.17, 15) is 4.79 Å². The molecule has 0 aromatic heterocycles. The molecular formula is C14H17BrO2S. The molecule has 0 amide bonds. The number of halogens is 1. The van der Waals surface area contributed by atoms with Gasteiger partial charge < -0.3 is 4.74 Å². The van der Waals surface area contributed by atoms with Crippen LogP contribution in [0.1, 0.15) is 19.3 Å². The molecule has 2 rings (SSSR count). The summed E-state index contributed by atoms with van der Waals surface area (Å²) in [4.78, 5) is 13.0. The SMILES string of the molecule is O=C(CSc1ccc(Br)cc1)CC1CCOCC1. The molecule has 1 saturated heterocycles. The van der Waals surface area contributed by atoms with Crippen molar-refractivity contribution in [2.75, 3.05) is 19.0 Å². The Balaban J connectivity index is 1.72. The smallest absolute Gasteiger partial charge is 0.143 e. The Morgan fingerprint density at radius 3 is 2.61 bits per heavy atom. The Kier molecular flexibility index (Phi) is 5.73. The van der Waals surface area contributed by atoms with Gasteiger partial charge in [-0.15, -0.1) is 11.8 Å². The Morgan fingerprint density at radius 2 is 1.94 bits per heavy atom. The topological polar surface area (TPSA) is 26.3 Å². The molecule has 0 N–H and O–H groups in total. The lowest BCUT2D eigenvalue weighted by Gasteiger charge is -2.21. The van der Waals surface area contributed by atoms with Gasteiger partial charge in [-0.3, -0.25) is 4.79 Å². The van der Waals surface area contributed by atoms with Gasteiger partial charge in [0.2, 0.25) is 0 Å². The number of ether oxygens (including phenoxy) is 1. The van der Waals surface area contributed by atoms with E-state index < -0.39 is 0 Å². The summed E-state index contributed by atoms with van der Waals surface area (Å²) in [5.41, 5.74) is 0. The average molecular weight is 329 g/mol. The van der Waals surface area contributed by atoms with E-state index in [0.717, 1.165) is 35.4 Å². The highest BCUT2D eigenvalue weighted by molar-refractivity contribution is 9.10. The van der Waals surface area contributed by atoms with Crippen molar-refractivity contribution in [1.82, 2.24) is 0 Å². The van der Waals surface area contributed by atoms with Crippen LogP contribution >= 0.6 is 27.7 Å². The van der Waals surface area contributed by atoms with Crippen LogP contribution in [0.4, 0.5) is 0 Å². The molecular weight excluding hydrogens is 312 g/mol. The monoisotopic (exact) mass is 328 g/mol. The predicted molar refractivity (Wildman–Crippen MR) is 78.0 cm³/mol. The van der Waals surface area contributed by atoms with Gasteiger partial charge in [-0.05, 0) is 43.0 Å². The lowest BCUT2D eigenvalue weighted by molar-refractivity contribution is -0.118. The van der Waals surface area contributed by atoms with Gasteiger partial charge in [0.25, 0.3) is 0 Å². The van der Waals surface area contributed by atoms with Gasteiger partial charge in [-0.25, -0.2) is 0 Å². The van der Waals surface area contributed by atoms with Gasteiger partial charge >= 0.3 is 0 Å². The molecule has 0 atom stereocenters. The van der Waals surface area contributed by atoms with Crippen LogP contribution in [0, 0.1) is 5.92 Å². The van der Waals surface area contributed by atoms with Crippen LogP contribution in [-0.4, -0.2) is 24.7 Å². The summed E-state index contributed by atoms with van der Waals surface area (Å²) in [6.45, 7) is 1.63. The van der Waals surface area contributed by atoms with E-state index in [-0.39, 0.29) is 0 Å². The zero-order chi connectivity index (χ0) is 12.8. The van der Waals surface area contributed by atoms with Gasteiger partial charge in [0, 0.05) is 29.0 Å². The number of ketones is 1. The van der Waals surface area contributed by atoms with E-state index in [0.29, 0.717) is 23.9 Å². The molecule has 4 heteroatoms. The molecule has 98 valence electrons. The first-order valence-corrected chi connectivity index (χ1v) is 8.00. The van der Waals surface area contributed by atoms with E-state index >= 15 is 0 Å². The number of hydrogen-bond acceptors (Lipinski definition) is 3. The molecule has 1 aliphatic heterocycles. The fourth-order valence-corrected chi connectivity index (χ4v) is 3.06. The molecule has 1 heterocycles. The van der Waals surface area contributed by atoms with Crippen molar-refractivity contribution in [2.24, 2.45) is 5.92 Å². The molecule has 2 nitrogen and oxygen atoms in total. The zero-order valence-corrected chi connectivity index (χ0v) is 12.6. The molecule has 0 bridgehead atoms. The summed E-state index contributed by atoms with van der Waals surface area (Å²) < 4.78 is 6.37. The zero-order valence-electron chi connectivity index (χ0n) is 10.2. The van der Waals surface area contributed by atoms with Crippen LogP contribution < -0.4 is 0 Å². The lowest BCUT2D eigenvalue weighted by Crippen LogP contribution is -2.19. The van der Waals surface area contributed by atoms with Crippen LogP contribution in [0.2, 0.25) is 0 Å². The van der Waals surface area contributed by atoms with Gasteiger partial charge in [0.1, 0.15) is 5.78 Å². The maximum Gasteiger partial charge on any atom is 0.143 e. The minimum atomic E-state index is 0.356. The van der Waals surface area contributed by atoms with Crippen molar-refractivity contribution in [1.29, 1.82) is 0 Å². The summed E-state index contributed by atoms with van der Waals surface area (Å²) in [6, 6.07) is 8.09. The number of thioether (sulfide) groups is 1. The van der Waals surface area contributed by atoms with Crippen LogP contribution in [-0.2, 0) is 9.53 Å². The highest BCUT2D eigenvalue weighted by Crippen LogP contribution is 2.23. The second-order valence-corrected chi connectivity index (χ2v) is 6.51. The molecule has 0 saturated carbocycles. The van der Waals surface area contributed by atoms with Crippen LogP contribution in [0.15, 0.2) is 33.6 Å². The largest absolute Gasteiger partial charge is 0.381 e. The molecule has 1 fully saturated rings. The number of carbonyl (C=O) groups is 1. The van der Waals surface area contributed by atoms with Crippen molar-refractivity contribution >= 4 is 33.5 Å². The van der Waals surface area contributed by atoms with E-state index in [1.54, 1.807) is 11.8 Å². The molecule has 0 unspecified atom stereocenters. The van der Waals surface area contributed by atoms with Crippen LogP contribution in [0.3, 0.4) is 0 Å². The molecule has 0 aliphatic carbocycles. The normalized spacial score (nSPS) is 16.7. The predicted octanol–water partition coefficient (Wildman–Crippen LogP) is 3.93. The third kappa shape index (κ3) is 4.75. The summed E-state index contributed by atoms with van der Waals surface area (Å²) in [6.07, 6.45) is 2.79. The molecule has 18 heavy (non-hydrogen) atoms. The standard InChI is InChI=1S/C14H17BrO2S/c15-12-1-3-14(4-2-12)18-10-13(16)9-11-5-7-17-8-6-11/h1-4,11H,5-10H2. The average Bonchev–Trinajstić information content (AvgIpc) is 2.39. The summed E-state index contributed by atoms with van der Waals surface area (Å²) in [5, 5.41) is 0. The molecule has 0 radical (unpaired) electrons. The van der Waals surface area contributed by atoms with Crippen molar-refractivity contribution in [3.05, 3.63) is 28.7 Å². The van der Waals surface area contributed by atoms with E-state index in [1.165, 1.54) is 0 Å². The minimum absolute atomic E-state index is 0.356. The molecule has 1 aliphatic rings. The fraction of sp³-hybridized carbons (Fsp3) is 0.500. The Hall–Kier alpha value is -0.320. The Labute approximate surface area is 121 Å². The first-order chi connectivity index (χ1) is 8.74. The summed E-state index contributed by atoms with van der Waals surface area (Å²) >= 11 is 5.03. The number of benzene rings is 1. The summed E-state index contributed by atoms with van der Waals surface area (Å²) in [7, 11) is 0. The van der Waals surface area contributed by atoms with Crippen LogP contribution in [0.25, 0.3) is 0 Å². The number of hydrogen-bond donors (Lipinski definition) is 0. The first-order valence-electron chi connectivity index (χ1n) is 6.22. The summed E-state index contributed by atoms with van der Waals surface area (Å²) in [5.74, 6) is 1.48. The Bertz CT molecular complexity index is 385. The van der Waals surface area contributed by atoms with E-state index in [4.69, 9.17) is 4.74 Å². The highest BCUT2D eigenvalue weighted by atomic mass is 79.9. The third-order valence-corrected chi connectivity index (χ3v) is 4.67. The second-order valence-electron chi connectivity index (χ2n) is 4.54. The van der Waals surface area contributed by atoms with Crippen LogP contribution in [0.5, 0.6) is 0 Å². The molecule has 1 aromatic carbocycles. The molecule has 1 aromatic rings. The number of rotatable bonds is 5. The van der Waals surface area contributed by atoms with Gasteiger partial charge in [-0.1, -0.05) is 15.9 Å². The van der Waals surface area contributed by atoms with Crippen molar-refractivity contribution in [2.45, 2.75) is 24.2 Å². The number of Topliss-reactive ketones (excluding diaryl/α,β-unsaturated/α-hetero) is 1. The fourth-order valence-electron chi connectivity index (χ4n) is 2.03. The third-order valence-electron chi connectivity index (χ3n) is 3.07. The minimum Gasteiger partial charge on any atom is -0.381 e. The molecule has 0 spiro atoms. The maximum absolute atomic E-state index is 11.9. The van der Waals surface area contributed by atoms with Gasteiger partial charge in [-0.2, -0.15) is 0 Å². The first kappa shape index (κ1) is 14.1. The maximum atomic E-state index is 11.9. The van der Waals surface area contributed by atoms with Gasteiger partial charge in [0.15, 0.2) is 0 Å². The van der Waals surface area contributed by atoms with Gasteiger partial charge in [0.05, 0.1) is 5.75 Å². The van der Waals surface area contributed by atoms with Crippen molar-refractivity contribution < 1.29 is 9.53 Å². The van der Waals surface area contributed by atoms with Crippen molar-refractivity contribution in [3.63, 3.8) is 0 Å². The number of carbonyl (C=O) groups excluding carboxylic acids is 1. The highest BCUT2D eigenvalue weighted by Gasteiger charge is 2.17. The van der Waals surface area contributed by atoms with Crippen molar-refractivity contribution in [3.8, 4) is 0 Å². The van der Waals surface area contributed by atoms with E-state index in [2.05, 4.69) is 15.9 Å². The lowest BCUT2D eigenvalue weighted by atomic mass is 9.95.